The lowest BCUT2D eigenvalue weighted by atomic mass is 9.94. The van der Waals surface area contributed by atoms with Crippen LogP contribution in [0.4, 0.5) is 0 Å². The summed E-state index contributed by atoms with van der Waals surface area (Å²) < 4.78 is 2.27. The zero-order chi connectivity index (χ0) is 22.7. The molecular weight excluding hydrogens is 428 g/mol. The Hall–Kier alpha value is -4.57. The Bertz CT molecular complexity index is 2070. The van der Waals surface area contributed by atoms with Gasteiger partial charge in [0.2, 0.25) is 0 Å². The van der Waals surface area contributed by atoms with Crippen molar-refractivity contribution < 1.29 is 0 Å². The van der Waals surface area contributed by atoms with Crippen molar-refractivity contribution in [3.63, 3.8) is 0 Å². The molecule has 3 aromatic carbocycles. The van der Waals surface area contributed by atoms with Crippen LogP contribution < -0.4 is 0 Å². The molecule has 4 heteroatoms. The van der Waals surface area contributed by atoms with Crippen LogP contribution in [-0.4, -0.2) is 19.4 Å². The third kappa shape index (κ3) is 2.11. The summed E-state index contributed by atoms with van der Waals surface area (Å²) in [7, 11) is 0. The Balaban J connectivity index is 1.45. The minimum absolute atomic E-state index is 0.907. The normalized spacial score (nSPS) is 13.5. The fourth-order valence-electron chi connectivity index (χ4n) is 6.51. The molecule has 0 saturated heterocycles. The SMILES string of the molecule is c1ccc2c(c1)Cc1ccc3c(c1-2)-c1ccc2nc4c5cccnc5c5cccnc5n4c2c1C3. The van der Waals surface area contributed by atoms with Gasteiger partial charge in [-0.15, -0.1) is 0 Å². The lowest BCUT2D eigenvalue weighted by Gasteiger charge is -2.11. The molecule has 9 rings (SSSR count). The van der Waals surface area contributed by atoms with Gasteiger partial charge in [0.25, 0.3) is 0 Å². The predicted octanol–water partition coefficient (Wildman–Crippen LogP) is 6.73. The Morgan fingerprint density at radius 1 is 0.600 bits per heavy atom. The van der Waals surface area contributed by atoms with Crippen LogP contribution in [0, 0.1) is 0 Å². The Kier molecular flexibility index (Phi) is 3.11. The second-order valence-electron chi connectivity index (χ2n) is 9.65. The first-order valence-electron chi connectivity index (χ1n) is 12.1. The molecule has 7 aromatic rings. The molecule has 4 nitrogen and oxygen atoms in total. The van der Waals surface area contributed by atoms with E-state index in [2.05, 4.69) is 65.1 Å². The number of fused-ring (bicyclic) bond motifs is 16. The van der Waals surface area contributed by atoms with Gasteiger partial charge in [0.1, 0.15) is 11.3 Å². The molecule has 4 heterocycles. The van der Waals surface area contributed by atoms with Crippen LogP contribution in [0.25, 0.3) is 60.9 Å². The van der Waals surface area contributed by atoms with Gasteiger partial charge in [0.15, 0.2) is 0 Å². The first-order chi connectivity index (χ1) is 17.4. The first-order valence-corrected chi connectivity index (χ1v) is 12.1. The zero-order valence-electron chi connectivity index (χ0n) is 18.8. The van der Waals surface area contributed by atoms with Crippen molar-refractivity contribution in [1.82, 2.24) is 19.4 Å². The highest BCUT2D eigenvalue weighted by molar-refractivity contribution is 6.12. The van der Waals surface area contributed by atoms with Crippen LogP contribution in [-0.2, 0) is 12.8 Å². The molecule has 0 radical (unpaired) electrons. The molecule has 0 aliphatic heterocycles. The minimum atomic E-state index is 0.907. The van der Waals surface area contributed by atoms with Gasteiger partial charge in [-0.25, -0.2) is 9.97 Å². The molecule has 0 amide bonds. The molecular formula is C31H18N4. The molecule has 0 unspecified atom stereocenters. The standard InChI is InChI=1S/C31H18N4/c1-2-6-20-17(5-1)15-18-9-10-19-16-24-21(27(19)26(18)20)11-12-25-29(24)35-30-22(7-4-14-33-30)28-23(31(35)34-25)8-3-13-32-28/h1-14H,15-16H2. The summed E-state index contributed by atoms with van der Waals surface area (Å²) in [6, 6.07) is 26.2. The summed E-state index contributed by atoms with van der Waals surface area (Å²) in [5, 5.41) is 2.11. The lowest BCUT2D eigenvalue weighted by Crippen LogP contribution is -1.96. The molecule has 2 aliphatic rings. The van der Waals surface area contributed by atoms with E-state index in [1.54, 1.807) is 0 Å². The Morgan fingerprint density at radius 2 is 1.37 bits per heavy atom. The number of hydrogen-bond donors (Lipinski definition) is 0. The van der Waals surface area contributed by atoms with E-state index in [9.17, 15) is 0 Å². The van der Waals surface area contributed by atoms with Crippen molar-refractivity contribution in [2.75, 3.05) is 0 Å². The van der Waals surface area contributed by atoms with Crippen LogP contribution in [0.5, 0.6) is 0 Å². The number of pyridine rings is 3. The average Bonchev–Trinajstić information content (AvgIpc) is 3.59. The van der Waals surface area contributed by atoms with E-state index in [0.29, 0.717) is 0 Å². The summed E-state index contributed by atoms with van der Waals surface area (Å²) in [6.07, 6.45) is 5.63. The number of benzene rings is 3. The highest BCUT2D eigenvalue weighted by Gasteiger charge is 2.31. The van der Waals surface area contributed by atoms with E-state index in [0.717, 1.165) is 45.9 Å². The third-order valence-corrected chi connectivity index (χ3v) is 7.91. The Morgan fingerprint density at radius 3 is 2.29 bits per heavy atom. The number of aromatic nitrogens is 4. The van der Waals surface area contributed by atoms with Gasteiger partial charge in [-0.05, 0) is 81.3 Å². The van der Waals surface area contributed by atoms with Crippen LogP contribution in [0.2, 0.25) is 0 Å². The molecule has 0 spiro atoms. The lowest BCUT2D eigenvalue weighted by molar-refractivity contribution is 1.20. The average molecular weight is 447 g/mol. The van der Waals surface area contributed by atoms with E-state index < -0.39 is 0 Å². The van der Waals surface area contributed by atoms with Crippen molar-refractivity contribution in [3.05, 3.63) is 107 Å². The highest BCUT2D eigenvalue weighted by Crippen LogP contribution is 2.50. The van der Waals surface area contributed by atoms with Crippen molar-refractivity contribution in [1.29, 1.82) is 0 Å². The number of imidazole rings is 1. The van der Waals surface area contributed by atoms with E-state index in [1.807, 2.05) is 24.5 Å². The second-order valence-corrected chi connectivity index (χ2v) is 9.65. The maximum absolute atomic E-state index is 5.13. The predicted molar refractivity (Wildman–Crippen MR) is 140 cm³/mol. The summed E-state index contributed by atoms with van der Waals surface area (Å²) in [4.78, 5) is 14.7. The third-order valence-electron chi connectivity index (χ3n) is 7.91. The highest BCUT2D eigenvalue weighted by atomic mass is 15.1. The minimum Gasteiger partial charge on any atom is -0.275 e. The molecule has 0 fully saturated rings. The topological polar surface area (TPSA) is 43.1 Å². The van der Waals surface area contributed by atoms with Crippen LogP contribution in [0.3, 0.4) is 0 Å². The second kappa shape index (κ2) is 6.10. The summed E-state index contributed by atoms with van der Waals surface area (Å²) in [5.41, 5.74) is 16.1. The van der Waals surface area contributed by atoms with Crippen LogP contribution in [0.1, 0.15) is 22.3 Å². The molecule has 0 bridgehead atoms. The first kappa shape index (κ1) is 17.8. The number of nitrogens with zero attached hydrogens (tertiary/aromatic N) is 4. The van der Waals surface area contributed by atoms with E-state index in [4.69, 9.17) is 15.0 Å². The van der Waals surface area contributed by atoms with Crippen molar-refractivity contribution in [3.8, 4) is 22.3 Å². The largest absolute Gasteiger partial charge is 0.275 e. The maximum Gasteiger partial charge on any atom is 0.149 e. The van der Waals surface area contributed by atoms with Crippen molar-refractivity contribution in [2.45, 2.75) is 12.8 Å². The van der Waals surface area contributed by atoms with Gasteiger partial charge in [0, 0.05) is 29.6 Å². The molecule has 0 saturated carbocycles. The molecule has 4 aromatic heterocycles. The molecule has 0 atom stereocenters. The van der Waals surface area contributed by atoms with Crippen molar-refractivity contribution >= 4 is 38.6 Å². The summed E-state index contributed by atoms with van der Waals surface area (Å²) >= 11 is 0. The molecule has 2 aliphatic carbocycles. The van der Waals surface area contributed by atoms with E-state index >= 15 is 0 Å². The number of rotatable bonds is 0. The molecule has 162 valence electrons. The fraction of sp³-hybridized carbons (Fsp3) is 0.0645. The van der Waals surface area contributed by atoms with Crippen LogP contribution in [0.15, 0.2) is 85.2 Å². The van der Waals surface area contributed by atoms with E-state index in [1.165, 1.54) is 50.0 Å². The van der Waals surface area contributed by atoms with Gasteiger partial charge in [-0.2, -0.15) is 0 Å². The fourth-order valence-corrected chi connectivity index (χ4v) is 6.51. The Labute approximate surface area is 200 Å². The quantitative estimate of drug-likeness (QED) is 0.243. The van der Waals surface area contributed by atoms with Gasteiger partial charge in [-0.3, -0.25) is 9.38 Å². The molecule has 0 N–H and O–H groups in total. The van der Waals surface area contributed by atoms with Gasteiger partial charge >= 0.3 is 0 Å². The van der Waals surface area contributed by atoms with Gasteiger partial charge in [0.05, 0.1) is 16.6 Å². The summed E-state index contributed by atoms with van der Waals surface area (Å²) in [5.74, 6) is 0. The molecule has 35 heavy (non-hydrogen) atoms. The maximum atomic E-state index is 5.13. The number of hydrogen-bond acceptors (Lipinski definition) is 3. The summed E-state index contributed by atoms with van der Waals surface area (Å²) in [6.45, 7) is 0. The van der Waals surface area contributed by atoms with Crippen LogP contribution >= 0.6 is 0 Å². The van der Waals surface area contributed by atoms with Crippen molar-refractivity contribution in [2.24, 2.45) is 0 Å². The van der Waals surface area contributed by atoms with Gasteiger partial charge in [-0.1, -0.05) is 42.5 Å². The van der Waals surface area contributed by atoms with Gasteiger partial charge < -0.3 is 0 Å². The smallest absolute Gasteiger partial charge is 0.149 e. The zero-order valence-corrected chi connectivity index (χ0v) is 18.8. The monoisotopic (exact) mass is 446 g/mol. The van der Waals surface area contributed by atoms with E-state index in [-0.39, 0.29) is 0 Å².